The number of carbonyl (C=O) groups excluding carboxylic acids is 2. The maximum atomic E-state index is 13.9. The van der Waals surface area contributed by atoms with Crippen molar-refractivity contribution in [3.05, 3.63) is 83.9 Å². The molecule has 0 aliphatic carbocycles. The smallest absolute Gasteiger partial charge is 0.251 e. The van der Waals surface area contributed by atoms with Crippen LogP contribution < -0.4 is 10.6 Å². The van der Waals surface area contributed by atoms with Crippen molar-refractivity contribution in [3.8, 4) is 0 Å². The van der Waals surface area contributed by atoms with Crippen molar-refractivity contribution in [2.75, 3.05) is 39.3 Å². The van der Waals surface area contributed by atoms with Gasteiger partial charge in [0.05, 0.1) is 6.04 Å². The highest BCUT2D eigenvalue weighted by atomic mass is 16.2. The zero-order valence-electron chi connectivity index (χ0n) is 25.9. The van der Waals surface area contributed by atoms with Gasteiger partial charge in [0.25, 0.3) is 5.91 Å². The molecule has 42 heavy (non-hydrogen) atoms. The van der Waals surface area contributed by atoms with E-state index in [0.29, 0.717) is 24.6 Å². The van der Waals surface area contributed by atoms with Gasteiger partial charge >= 0.3 is 0 Å². The molecule has 0 unspecified atom stereocenters. The Hall–Kier alpha value is -3.22. The van der Waals surface area contributed by atoms with Gasteiger partial charge in [-0.25, -0.2) is 0 Å². The van der Waals surface area contributed by atoms with Crippen molar-refractivity contribution in [1.29, 1.82) is 0 Å². The fraction of sp³-hybridized carbons (Fsp3) is 0.500. The van der Waals surface area contributed by atoms with Crippen molar-refractivity contribution in [3.63, 3.8) is 0 Å². The molecule has 2 fully saturated rings. The van der Waals surface area contributed by atoms with Crippen molar-refractivity contribution in [1.82, 2.24) is 20.4 Å². The molecule has 226 valence electrons. The number of nitrogens with one attached hydrogen (secondary N) is 2. The molecule has 3 aromatic carbocycles. The Morgan fingerprint density at radius 2 is 1.64 bits per heavy atom. The molecule has 2 N–H and O–H groups in total. The first-order valence-electron chi connectivity index (χ1n) is 16.2. The fourth-order valence-electron chi connectivity index (χ4n) is 6.24. The van der Waals surface area contributed by atoms with Crippen LogP contribution in [0.4, 0.5) is 0 Å². The van der Waals surface area contributed by atoms with Gasteiger partial charge in [-0.05, 0) is 73.7 Å². The molecule has 0 bridgehead atoms. The second-order valence-corrected chi connectivity index (χ2v) is 11.5. The molecular weight excluding hydrogens is 520 g/mol. The molecule has 2 aliphatic heterocycles. The number of amides is 2. The number of hydrogen-bond donors (Lipinski definition) is 2. The zero-order valence-corrected chi connectivity index (χ0v) is 25.9. The van der Waals surface area contributed by atoms with E-state index in [1.165, 1.54) is 24.8 Å². The van der Waals surface area contributed by atoms with Crippen molar-refractivity contribution < 1.29 is 9.59 Å². The first-order chi connectivity index (χ1) is 20.6. The van der Waals surface area contributed by atoms with Gasteiger partial charge < -0.3 is 20.4 Å². The highest BCUT2D eigenvalue weighted by molar-refractivity contribution is 5.98. The first-order valence-corrected chi connectivity index (χ1v) is 16.2. The summed E-state index contributed by atoms with van der Waals surface area (Å²) in [7, 11) is 0. The summed E-state index contributed by atoms with van der Waals surface area (Å²) in [6.07, 6.45) is 6.40. The lowest BCUT2D eigenvalue weighted by Gasteiger charge is -2.31. The van der Waals surface area contributed by atoms with Crippen LogP contribution in [0.1, 0.15) is 81.1 Å². The van der Waals surface area contributed by atoms with Gasteiger partial charge in [0.1, 0.15) is 0 Å². The molecular formula is C36H50N4O2. The van der Waals surface area contributed by atoms with Crippen LogP contribution in [-0.2, 0) is 4.79 Å². The SMILES string of the molecule is CC.CC[C@H](CN1CC[C@@H](CNC(=O)c2ccc3ccccc3c2)N[C@@H](CCN2CCCCC2)C1=O)c1ccccc1. The predicted molar refractivity (Wildman–Crippen MR) is 174 cm³/mol. The Morgan fingerprint density at radius 3 is 2.38 bits per heavy atom. The van der Waals surface area contributed by atoms with E-state index >= 15 is 0 Å². The Balaban J connectivity index is 0.00000198. The summed E-state index contributed by atoms with van der Waals surface area (Å²) in [5, 5.41) is 9.01. The summed E-state index contributed by atoms with van der Waals surface area (Å²) < 4.78 is 0. The van der Waals surface area contributed by atoms with Crippen LogP contribution in [0.2, 0.25) is 0 Å². The summed E-state index contributed by atoms with van der Waals surface area (Å²) in [5.41, 5.74) is 1.96. The van der Waals surface area contributed by atoms with Gasteiger partial charge in [0.2, 0.25) is 5.91 Å². The number of rotatable bonds is 10. The van der Waals surface area contributed by atoms with E-state index in [-0.39, 0.29) is 23.9 Å². The monoisotopic (exact) mass is 570 g/mol. The van der Waals surface area contributed by atoms with Gasteiger partial charge in [-0.3, -0.25) is 9.59 Å². The topological polar surface area (TPSA) is 64.7 Å². The Labute approximate surface area is 252 Å². The van der Waals surface area contributed by atoms with E-state index in [2.05, 4.69) is 57.7 Å². The molecule has 0 radical (unpaired) electrons. The fourth-order valence-corrected chi connectivity index (χ4v) is 6.24. The van der Waals surface area contributed by atoms with Crippen molar-refractivity contribution in [2.24, 2.45) is 0 Å². The van der Waals surface area contributed by atoms with Crippen LogP contribution in [0, 0.1) is 0 Å². The second-order valence-electron chi connectivity index (χ2n) is 11.5. The molecule has 5 rings (SSSR count). The Bertz CT molecular complexity index is 1260. The number of likely N-dealkylation sites (tertiary alicyclic amines) is 1. The van der Waals surface area contributed by atoms with E-state index in [4.69, 9.17) is 0 Å². The largest absolute Gasteiger partial charge is 0.350 e. The third-order valence-electron chi connectivity index (χ3n) is 8.70. The highest BCUT2D eigenvalue weighted by Gasteiger charge is 2.32. The van der Waals surface area contributed by atoms with E-state index in [9.17, 15) is 9.59 Å². The van der Waals surface area contributed by atoms with Gasteiger partial charge in [-0.1, -0.05) is 87.9 Å². The summed E-state index contributed by atoms with van der Waals surface area (Å²) in [5.74, 6) is 0.451. The molecule has 0 spiro atoms. The maximum absolute atomic E-state index is 13.9. The number of fused-ring (bicyclic) bond motifs is 1. The number of carbonyl (C=O) groups is 2. The lowest BCUT2D eigenvalue weighted by molar-refractivity contribution is -0.133. The lowest BCUT2D eigenvalue weighted by atomic mass is 9.95. The Kier molecular flexibility index (Phi) is 12.4. The van der Waals surface area contributed by atoms with Gasteiger partial charge in [-0.15, -0.1) is 0 Å². The lowest BCUT2D eigenvalue weighted by Crippen LogP contribution is -2.50. The number of hydrogen-bond acceptors (Lipinski definition) is 4. The standard InChI is InChI=1S/C34H44N4O2.C2H6/c1-2-26(27-11-5-3-6-12-27)25-38-22-17-31(36-32(34(38)40)18-21-37-19-9-4-10-20-37)24-35-33(39)30-16-15-28-13-7-8-14-29(28)23-30;1-2/h3,5-8,11-16,23,26,31-32,36H,2,4,9-10,17-22,24-25H2,1H3,(H,35,39);1-2H3/t26-,31+,32+;/m1./s1. The Morgan fingerprint density at radius 1 is 0.929 bits per heavy atom. The van der Waals surface area contributed by atoms with E-state index < -0.39 is 0 Å². The normalized spacial score (nSPS) is 20.4. The molecule has 6 nitrogen and oxygen atoms in total. The highest BCUT2D eigenvalue weighted by Crippen LogP contribution is 2.23. The van der Waals surface area contributed by atoms with Crippen LogP contribution in [0.3, 0.4) is 0 Å². The van der Waals surface area contributed by atoms with Crippen LogP contribution in [0.5, 0.6) is 0 Å². The average molecular weight is 571 g/mol. The molecule has 2 aliphatic rings. The number of benzene rings is 3. The second kappa shape index (κ2) is 16.4. The summed E-state index contributed by atoms with van der Waals surface area (Å²) in [6, 6.07) is 24.3. The predicted octanol–water partition coefficient (Wildman–Crippen LogP) is 6.22. The third kappa shape index (κ3) is 8.65. The van der Waals surface area contributed by atoms with Crippen LogP contribution >= 0.6 is 0 Å². The molecule has 0 aromatic heterocycles. The van der Waals surface area contributed by atoms with Gasteiger partial charge in [-0.2, -0.15) is 0 Å². The van der Waals surface area contributed by atoms with E-state index in [0.717, 1.165) is 56.2 Å². The molecule has 6 heteroatoms. The molecule has 3 aromatic rings. The quantitative estimate of drug-likeness (QED) is 0.304. The van der Waals surface area contributed by atoms with Gasteiger partial charge in [0, 0.05) is 43.7 Å². The molecule has 2 heterocycles. The number of nitrogens with zero attached hydrogens (tertiary/aromatic N) is 2. The van der Waals surface area contributed by atoms with Gasteiger partial charge in [0.15, 0.2) is 0 Å². The minimum Gasteiger partial charge on any atom is -0.350 e. The average Bonchev–Trinajstić information content (AvgIpc) is 3.20. The third-order valence-corrected chi connectivity index (χ3v) is 8.70. The number of piperidine rings is 1. The summed E-state index contributed by atoms with van der Waals surface area (Å²) >= 11 is 0. The zero-order chi connectivity index (χ0) is 29.7. The summed E-state index contributed by atoms with van der Waals surface area (Å²) in [6.45, 7) is 11.3. The summed E-state index contributed by atoms with van der Waals surface area (Å²) in [4.78, 5) is 31.6. The molecule has 3 atom stereocenters. The molecule has 0 saturated carbocycles. The van der Waals surface area contributed by atoms with Crippen molar-refractivity contribution in [2.45, 2.75) is 77.3 Å². The van der Waals surface area contributed by atoms with Crippen LogP contribution in [-0.4, -0.2) is 73.0 Å². The minimum absolute atomic E-state index is 0.0431. The maximum Gasteiger partial charge on any atom is 0.251 e. The van der Waals surface area contributed by atoms with E-state index in [1.54, 1.807) is 0 Å². The van der Waals surface area contributed by atoms with Crippen molar-refractivity contribution >= 4 is 22.6 Å². The first kappa shape index (κ1) is 31.7. The van der Waals surface area contributed by atoms with Crippen LogP contribution in [0.25, 0.3) is 10.8 Å². The molecule has 2 amide bonds. The minimum atomic E-state index is -0.236. The molecule has 2 saturated heterocycles. The van der Waals surface area contributed by atoms with Crippen LogP contribution in [0.15, 0.2) is 72.8 Å². The van der Waals surface area contributed by atoms with E-state index in [1.807, 2.05) is 56.3 Å².